The average molecular weight is 298 g/mol. The summed E-state index contributed by atoms with van der Waals surface area (Å²) in [6, 6.07) is 15.1. The van der Waals surface area contributed by atoms with Crippen LogP contribution in [0.25, 0.3) is 10.1 Å². The molecule has 0 unspecified atom stereocenters. The Bertz CT molecular complexity index is 805. The molecule has 106 valence electrons. The van der Waals surface area contributed by atoms with Crippen molar-refractivity contribution in [3.05, 3.63) is 64.5 Å². The van der Waals surface area contributed by atoms with E-state index < -0.39 is 5.97 Å². The van der Waals surface area contributed by atoms with Crippen LogP contribution in [0.5, 0.6) is 5.75 Å². The standard InChI is InChI=1S/C17H14O3S/c1-11-4-2-3-5-15(11)20-10-14-9-13-8-12(17(18)19)6-7-16(13)21-14/h2-9H,10H2,1H3,(H,18,19). The fraction of sp³-hybridized carbons (Fsp3) is 0.118. The van der Waals surface area contributed by atoms with Crippen molar-refractivity contribution in [2.45, 2.75) is 13.5 Å². The van der Waals surface area contributed by atoms with Gasteiger partial charge in [-0.25, -0.2) is 4.79 Å². The molecule has 1 aromatic heterocycles. The summed E-state index contributed by atoms with van der Waals surface area (Å²) in [4.78, 5) is 12.1. The van der Waals surface area contributed by atoms with E-state index in [0.717, 1.165) is 26.3 Å². The van der Waals surface area contributed by atoms with Gasteiger partial charge >= 0.3 is 5.97 Å². The molecule has 0 aliphatic carbocycles. The second kappa shape index (κ2) is 5.58. The number of thiophene rings is 1. The number of aromatic carboxylic acids is 1. The first-order valence-corrected chi connectivity index (χ1v) is 7.39. The van der Waals surface area contributed by atoms with E-state index >= 15 is 0 Å². The number of para-hydroxylation sites is 1. The molecule has 2 aromatic carbocycles. The van der Waals surface area contributed by atoms with Gasteiger partial charge < -0.3 is 9.84 Å². The third-order valence-corrected chi connectivity index (χ3v) is 4.37. The molecule has 4 heteroatoms. The van der Waals surface area contributed by atoms with Crippen LogP contribution in [0.4, 0.5) is 0 Å². The van der Waals surface area contributed by atoms with E-state index in [1.165, 1.54) is 0 Å². The minimum Gasteiger partial charge on any atom is -0.488 e. The minimum absolute atomic E-state index is 0.312. The Kier molecular flexibility index (Phi) is 3.62. The Morgan fingerprint density at radius 3 is 2.76 bits per heavy atom. The lowest BCUT2D eigenvalue weighted by molar-refractivity contribution is 0.0697. The van der Waals surface area contributed by atoms with Gasteiger partial charge in [0.1, 0.15) is 12.4 Å². The van der Waals surface area contributed by atoms with E-state index in [1.54, 1.807) is 23.5 Å². The topological polar surface area (TPSA) is 46.5 Å². The predicted octanol–water partition coefficient (Wildman–Crippen LogP) is 4.49. The number of rotatable bonds is 4. The third-order valence-electron chi connectivity index (χ3n) is 3.28. The van der Waals surface area contributed by atoms with Gasteiger partial charge in [-0.15, -0.1) is 11.3 Å². The van der Waals surface area contributed by atoms with Gasteiger partial charge in [-0.3, -0.25) is 0 Å². The number of carboxylic acid groups (broad SMARTS) is 1. The number of carboxylic acids is 1. The van der Waals surface area contributed by atoms with Crippen molar-refractivity contribution in [3.8, 4) is 5.75 Å². The highest BCUT2D eigenvalue weighted by molar-refractivity contribution is 7.19. The summed E-state index contributed by atoms with van der Waals surface area (Å²) in [6.45, 7) is 2.51. The lowest BCUT2D eigenvalue weighted by Gasteiger charge is -2.06. The first-order valence-electron chi connectivity index (χ1n) is 6.58. The molecule has 0 radical (unpaired) electrons. The quantitative estimate of drug-likeness (QED) is 0.772. The van der Waals surface area contributed by atoms with Crippen molar-refractivity contribution in [3.63, 3.8) is 0 Å². The first-order chi connectivity index (χ1) is 10.1. The summed E-state index contributed by atoms with van der Waals surface area (Å²) in [5.74, 6) is -0.0259. The molecule has 1 N–H and O–H groups in total. The molecule has 0 bridgehead atoms. The zero-order chi connectivity index (χ0) is 14.8. The van der Waals surface area contributed by atoms with Crippen LogP contribution in [0, 0.1) is 6.92 Å². The van der Waals surface area contributed by atoms with E-state index in [-0.39, 0.29) is 0 Å². The summed E-state index contributed by atoms with van der Waals surface area (Å²) >= 11 is 1.62. The number of aryl methyl sites for hydroxylation is 1. The molecular formula is C17H14O3S. The van der Waals surface area contributed by atoms with Gasteiger partial charge in [-0.1, -0.05) is 18.2 Å². The Labute approximate surface area is 126 Å². The highest BCUT2D eigenvalue weighted by Gasteiger charge is 2.07. The smallest absolute Gasteiger partial charge is 0.335 e. The summed E-state index contributed by atoms with van der Waals surface area (Å²) in [5.41, 5.74) is 1.42. The van der Waals surface area contributed by atoms with Crippen LogP contribution in [0.2, 0.25) is 0 Å². The SMILES string of the molecule is Cc1ccccc1OCc1cc2cc(C(=O)O)ccc2s1. The summed E-state index contributed by atoms with van der Waals surface area (Å²) in [5, 5.41) is 9.96. The summed E-state index contributed by atoms with van der Waals surface area (Å²) in [7, 11) is 0. The maximum Gasteiger partial charge on any atom is 0.335 e. The highest BCUT2D eigenvalue weighted by Crippen LogP contribution is 2.28. The maximum absolute atomic E-state index is 11.0. The molecule has 0 saturated carbocycles. The van der Waals surface area contributed by atoms with Crippen LogP contribution in [0.15, 0.2) is 48.5 Å². The second-order valence-corrected chi connectivity index (χ2v) is 5.99. The molecule has 1 heterocycles. The molecule has 3 aromatic rings. The summed E-state index contributed by atoms with van der Waals surface area (Å²) < 4.78 is 6.90. The fourth-order valence-corrected chi connectivity index (χ4v) is 3.13. The minimum atomic E-state index is -0.902. The number of fused-ring (bicyclic) bond motifs is 1. The molecule has 0 fully saturated rings. The van der Waals surface area contributed by atoms with Crippen molar-refractivity contribution >= 4 is 27.4 Å². The van der Waals surface area contributed by atoms with Gasteiger partial charge in [0.25, 0.3) is 0 Å². The van der Waals surface area contributed by atoms with Gasteiger partial charge in [-0.05, 0) is 48.2 Å². The van der Waals surface area contributed by atoms with Crippen molar-refractivity contribution in [1.29, 1.82) is 0 Å². The fourth-order valence-electron chi connectivity index (χ4n) is 2.17. The largest absolute Gasteiger partial charge is 0.488 e. The Morgan fingerprint density at radius 1 is 1.19 bits per heavy atom. The second-order valence-electron chi connectivity index (χ2n) is 4.82. The average Bonchev–Trinajstić information content (AvgIpc) is 2.88. The molecular weight excluding hydrogens is 284 g/mol. The van der Waals surface area contributed by atoms with Crippen molar-refractivity contribution < 1.29 is 14.6 Å². The van der Waals surface area contributed by atoms with Gasteiger partial charge in [-0.2, -0.15) is 0 Å². The molecule has 0 saturated heterocycles. The van der Waals surface area contributed by atoms with Crippen LogP contribution in [0.3, 0.4) is 0 Å². The van der Waals surface area contributed by atoms with Crippen molar-refractivity contribution in [2.75, 3.05) is 0 Å². The number of ether oxygens (including phenoxy) is 1. The lowest BCUT2D eigenvalue weighted by Crippen LogP contribution is -1.94. The number of benzene rings is 2. The molecule has 0 amide bonds. The Hall–Kier alpha value is -2.33. The molecule has 3 nitrogen and oxygen atoms in total. The van der Waals surface area contributed by atoms with Gasteiger partial charge in [0.2, 0.25) is 0 Å². The van der Waals surface area contributed by atoms with E-state index in [0.29, 0.717) is 12.2 Å². The number of hydrogen-bond acceptors (Lipinski definition) is 3. The van der Waals surface area contributed by atoms with Crippen LogP contribution in [-0.2, 0) is 6.61 Å². The highest BCUT2D eigenvalue weighted by atomic mass is 32.1. The van der Waals surface area contributed by atoms with Gasteiger partial charge in [0.15, 0.2) is 0 Å². The predicted molar refractivity (Wildman–Crippen MR) is 84.3 cm³/mol. The summed E-state index contributed by atoms with van der Waals surface area (Å²) in [6.07, 6.45) is 0. The number of carbonyl (C=O) groups is 1. The van der Waals surface area contributed by atoms with Crippen LogP contribution in [-0.4, -0.2) is 11.1 Å². The first kappa shape index (κ1) is 13.6. The monoisotopic (exact) mass is 298 g/mol. The van der Waals surface area contributed by atoms with Crippen LogP contribution < -0.4 is 4.74 Å². The molecule has 0 atom stereocenters. The molecule has 0 aliphatic heterocycles. The van der Waals surface area contributed by atoms with Crippen molar-refractivity contribution in [2.24, 2.45) is 0 Å². The van der Waals surface area contributed by atoms with E-state index in [2.05, 4.69) is 0 Å². The van der Waals surface area contributed by atoms with Gasteiger partial charge in [0, 0.05) is 9.58 Å². The van der Waals surface area contributed by atoms with Crippen molar-refractivity contribution in [1.82, 2.24) is 0 Å². The van der Waals surface area contributed by atoms with E-state index in [9.17, 15) is 4.79 Å². The van der Waals surface area contributed by atoms with Crippen LogP contribution in [0.1, 0.15) is 20.8 Å². The molecule has 3 rings (SSSR count). The maximum atomic E-state index is 11.0. The molecule has 21 heavy (non-hydrogen) atoms. The number of hydrogen-bond donors (Lipinski definition) is 1. The molecule has 0 aliphatic rings. The Morgan fingerprint density at radius 2 is 2.00 bits per heavy atom. The Balaban J connectivity index is 1.82. The zero-order valence-electron chi connectivity index (χ0n) is 11.5. The van der Waals surface area contributed by atoms with Gasteiger partial charge in [0.05, 0.1) is 5.56 Å². The van der Waals surface area contributed by atoms with E-state index in [4.69, 9.17) is 9.84 Å². The van der Waals surface area contributed by atoms with Crippen LogP contribution >= 0.6 is 11.3 Å². The third kappa shape index (κ3) is 2.90. The zero-order valence-corrected chi connectivity index (χ0v) is 12.3. The molecule has 0 spiro atoms. The normalized spacial score (nSPS) is 10.7. The van der Waals surface area contributed by atoms with E-state index in [1.807, 2.05) is 43.3 Å². The lowest BCUT2D eigenvalue weighted by atomic mass is 10.1.